The van der Waals surface area contributed by atoms with Gasteiger partial charge in [0.2, 0.25) is 10.0 Å². The maximum Gasteiger partial charge on any atom is 0.329 e. The van der Waals surface area contributed by atoms with Crippen LogP contribution in [0.2, 0.25) is 0 Å². The van der Waals surface area contributed by atoms with Gasteiger partial charge in [-0.05, 0) is 12.8 Å². The topological polar surface area (TPSA) is 107 Å². The van der Waals surface area contributed by atoms with Crippen LogP contribution in [-0.4, -0.2) is 72.7 Å². The summed E-state index contributed by atoms with van der Waals surface area (Å²) in [5.41, 5.74) is -1.27. The molecule has 1 fully saturated rings. The van der Waals surface area contributed by atoms with Gasteiger partial charge in [0.15, 0.2) is 0 Å². The van der Waals surface area contributed by atoms with Gasteiger partial charge in [0.05, 0.1) is 6.26 Å². The quantitative estimate of drug-likeness (QED) is 0.736. The molecule has 0 bridgehead atoms. The zero-order valence-corrected chi connectivity index (χ0v) is 13.4. The summed E-state index contributed by atoms with van der Waals surface area (Å²) in [5, 5.41) is 11.9. The number of carboxylic acid groups (broad SMARTS) is 1. The zero-order chi connectivity index (χ0) is 16.3. The predicted molar refractivity (Wildman–Crippen MR) is 77.5 cm³/mol. The Kier molecular flexibility index (Phi) is 5.57. The number of nitrogens with one attached hydrogen (secondary N) is 1. The lowest BCUT2D eigenvalue weighted by Gasteiger charge is -2.36. The average Bonchev–Trinajstić information content (AvgIpc) is 2.43. The van der Waals surface area contributed by atoms with Crippen molar-refractivity contribution >= 4 is 22.0 Å². The molecule has 0 unspecified atom stereocenters. The van der Waals surface area contributed by atoms with Crippen LogP contribution in [0.5, 0.6) is 0 Å². The second kappa shape index (κ2) is 6.61. The van der Waals surface area contributed by atoms with Crippen LogP contribution in [0.4, 0.5) is 4.79 Å². The zero-order valence-electron chi connectivity index (χ0n) is 12.6. The molecule has 1 heterocycles. The lowest BCUT2D eigenvalue weighted by molar-refractivity contribution is -0.144. The molecule has 1 rings (SSSR count). The summed E-state index contributed by atoms with van der Waals surface area (Å²) in [6.45, 7) is 4.37. The third-order valence-corrected chi connectivity index (χ3v) is 5.26. The molecule has 1 saturated heterocycles. The van der Waals surface area contributed by atoms with E-state index >= 15 is 0 Å². The van der Waals surface area contributed by atoms with E-state index in [1.54, 1.807) is 13.8 Å². The van der Waals surface area contributed by atoms with Gasteiger partial charge in [-0.1, -0.05) is 13.8 Å². The van der Waals surface area contributed by atoms with Crippen molar-refractivity contribution in [3.8, 4) is 0 Å². The summed E-state index contributed by atoms with van der Waals surface area (Å²) in [6.07, 6.45) is 1.70. The molecule has 21 heavy (non-hydrogen) atoms. The van der Waals surface area contributed by atoms with Crippen LogP contribution in [-0.2, 0) is 14.8 Å². The Morgan fingerprint density at radius 1 is 1.14 bits per heavy atom. The highest BCUT2D eigenvalue weighted by atomic mass is 32.2. The van der Waals surface area contributed by atoms with Crippen molar-refractivity contribution in [1.82, 2.24) is 14.5 Å². The molecule has 9 heteroatoms. The molecule has 2 amide bonds. The highest BCUT2D eigenvalue weighted by Gasteiger charge is 2.38. The molecule has 1 aliphatic rings. The number of sulfonamides is 1. The van der Waals surface area contributed by atoms with Gasteiger partial charge in [-0.2, -0.15) is 4.31 Å². The fourth-order valence-corrected chi connectivity index (χ4v) is 3.12. The van der Waals surface area contributed by atoms with E-state index in [0.717, 1.165) is 6.26 Å². The van der Waals surface area contributed by atoms with Crippen LogP contribution >= 0.6 is 0 Å². The SMILES string of the molecule is CCC(CC)(NC(=O)N1CCN(S(C)(=O)=O)CC1)C(=O)O. The number of carboxylic acids is 1. The lowest BCUT2D eigenvalue weighted by atomic mass is 9.93. The van der Waals surface area contributed by atoms with Gasteiger partial charge in [0, 0.05) is 26.2 Å². The van der Waals surface area contributed by atoms with Crippen molar-refractivity contribution in [2.75, 3.05) is 32.4 Å². The Morgan fingerprint density at radius 2 is 1.62 bits per heavy atom. The first kappa shape index (κ1) is 17.7. The van der Waals surface area contributed by atoms with Crippen LogP contribution in [0.1, 0.15) is 26.7 Å². The summed E-state index contributed by atoms with van der Waals surface area (Å²) in [6, 6.07) is -0.464. The largest absolute Gasteiger partial charge is 0.480 e. The Balaban J connectivity index is 2.68. The minimum atomic E-state index is -3.25. The summed E-state index contributed by atoms with van der Waals surface area (Å²) in [4.78, 5) is 25.0. The molecule has 2 N–H and O–H groups in total. The second-order valence-corrected chi connectivity index (χ2v) is 7.16. The number of carbonyl (C=O) groups is 2. The number of hydrogen-bond acceptors (Lipinski definition) is 4. The number of nitrogens with zero attached hydrogens (tertiary/aromatic N) is 2. The molecule has 0 saturated carbocycles. The van der Waals surface area contributed by atoms with Crippen LogP contribution in [0, 0.1) is 0 Å². The molecular weight excluding hydrogens is 298 g/mol. The molecule has 0 aromatic rings. The summed E-state index contributed by atoms with van der Waals surface area (Å²) >= 11 is 0. The average molecular weight is 321 g/mol. The molecule has 0 aromatic carbocycles. The Bertz CT molecular complexity index is 493. The second-order valence-electron chi connectivity index (χ2n) is 5.17. The Hall–Kier alpha value is -1.35. The first-order valence-electron chi connectivity index (χ1n) is 6.92. The predicted octanol–water partition coefficient (Wildman–Crippen LogP) is -0.0834. The molecule has 0 radical (unpaired) electrons. The first-order chi connectivity index (χ1) is 9.66. The van der Waals surface area contributed by atoms with Crippen LogP contribution in [0.25, 0.3) is 0 Å². The van der Waals surface area contributed by atoms with Gasteiger partial charge >= 0.3 is 12.0 Å². The van der Waals surface area contributed by atoms with Crippen molar-refractivity contribution in [2.45, 2.75) is 32.2 Å². The highest BCUT2D eigenvalue weighted by molar-refractivity contribution is 7.88. The standard InChI is InChI=1S/C12H23N3O5S/c1-4-12(5-2,10(16)17)13-11(18)14-6-8-15(9-7-14)21(3,19)20/h4-9H2,1-3H3,(H,13,18)(H,16,17). The van der Waals surface area contributed by atoms with Gasteiger partial charge in [0.25, 0.3) is 0 Å². The van der Waals surface area contributed by atoms with Crippen LogP contribution < -0.4 is 5.32 Å². The molecule has 1 aliphatic heterocycles. The summed E-state index contributed by atoms with van der Waals surface area (Å²) < 4.78 is 24.1. The van der Waals surface area contributed by atoms with Crippen molar-refractivity contribution in [3.05, 3.63) is 0 Å². The fourth-order valence-electron chi connectivity index (χ4n) is 2.29. The van der Waals surface area contributed by atoms with Gasteiger partial charge in [-0.15, -0.1) is 0 Å². The number of amides is 2. The van der Waals surface area contributed by atoms with E-state index in [1.165, 1.54) is 9.21 Å². The highest BCUT2D eigenvalue weighted by Crippen LogP contribution is 2.16. The number of aliphatic carboxylic acids is 1. The normalized spacial score (nSPS) is 17.6. The van der Waals surface area contributed by atoms with Crippen molar-refractivity contribution in [3.63, 3.8) is 0 Å². The Labute approximate surface area is 125 Å². The number of piperazine rings is 1. The third-order valence-electron chi connectivity index (χ3n) is 3.96. The van der Waals surface area contributed by atoms with Gasteiger partial charge < -0.3 is 15.3 Å². The first-order valence-corrected chi connectivity index (χ1v) is 8.76. The van der Waals surface area contributed by atoms with Crippen molar-refractivity contribution < 1.29 is 23.1 Å². The van der Waals surface area contributed by atoms with E-state index in [2.05, 4.69) is 5.32 Å². The number of hydrogen-bond donors (Lipinski definition) is 2. The van der Waals surface area contributed by atoms with Crippen LogP contribution in [0.15, 0.2) is 0 Å². The summed E-state index contributed by atoms with van der Waals surface area (Å²) in [7, 11) is -3.25. The van der Waals surface area contributed by atoms with E-state index in [-0.39, 0.29) is 39.0 Å². The Morgan fingerprint density at radius 3 is 1.95 bits per heavy atom. The smallest absolute Gasteiger partial charge is 0.329 e. The van der Waals surface area contributed by atoms with Crippen molar-refractivity contribution in [2.24, 2.45) is 0 Å². The number of carbonyl (C=O) groups excluding carboxylic acids is 1. The lowest BCUT2D eigenvalue weighted by Crippen LogP contribution is -2.60. The molecule has 122 valence electrons. The van der Waals surface area contributed by atoms with Gasteiger partial charge in [0.1, 0.15) is 5.54 Å². The van der Waals surface area contributed by atoms with Gasteiger partial charge in [-0.25, -0.2) is 18.0 Å². The van der Waals surface area contributed by atoms with E-state index in [4.69, 9.17) is 0 Å². The molecule has 0 spiro atoms. The maximum absolute atomic E-state index is 12.2. The third kappa shape index (κ3) is 4.07. The van der Waals surface area contributed by atoms with E-state index < -0.39 is 27.6 Å². The number of urea groups is 1. The minimum absolute atomic E-state index is 0.227. The molecular formula is C12H23N3O5S. The summed E-state index contributed by atoms with van der Waals surface area (Å²) in [5.74, 6) is -1.06. The van der Waals surface area contributed by atoms with Crippen molar-refractivity contribution in [1.29, 1.82) is 0 Å². The fraction of sp³-hybridized carbons (Fsp3) is 0.833. The van der Waals surface area contributed by atoms with E-state index in [0.29, 0.717) is 0 Å². The van der Waals surface area contributed by atoms with E-state index in [1.807, 2.05) is 0 Å². The molecule has 8 nitrogen and oxygen atoms in total. The number of rotatable bonds is 5. The molecule has 0 aliphatic carbocycles. The van der Waals surface area contributed by atoms with E-state index in [9.17, 15) is 23.1 Å². The maximum atomic E-state index is 12.2. The van der Waals surface area contributed by atoms with Gasteiger partial charge in [-0.3, -0.25) is 0 Å². The molecule has 0 atom stereocenters. The monoisotopic (exact) mass is 321 g/mol. The minimum Gasteiger partial charge on any atom is -0.480 e. The molecule has 0 aromatic heterocycles. The van der Waals surface area contributed by atoms with Crippen LogP contribution in [0.3, 0.4) is 0 Å².